The van der Waals surface area contributed by atoms with Crippen molar-refractivity contribution < 1.29 is 14.3 Å². The fraction of sp³-hybridized carbons (Fsp3) is 0.273. The molecule has 0 saturated carbocycles. The molecule has 0 aliphatic rings. The first-order valence-corrected chi connectivity index (χ1v) is 5.10. The Hall–Kier alpha value is -2.24. The minimum atomic E-state index is -0.779. The van der Waals surface area contributed by atoms with E-state index < -0.39 is 12.1 Å². The van der Waals surface area contributed by atoms with Crippen molar-refractivity contribution in [1.82, 2.24) is 4.90 Å². The van der Waals surface area contributed by atoms with Gasteiger partial charge < -0.3 is 15.8 Å². The Labute approximate surface area is 99.3 Å². The van der Waals surface area contributed by atoms with Gasteiger partial charge in [0, 0.05) is 12.2 Å². The Morgan fingerprint density at radius 3 is 2.35 bits per heavy atom. The molecule has 0 unspecified atom stereocenters. The number of rotatable bonds is 3. The summed E-state index contributed by atoms with van der Waals surface area (Å²) in [4.78, 5) is 23.5. The van der Waals surface area contributed by atoms with Crippen LogP contribution in [0.1, 0.15) is 6.92 Å². The normalized spacial score (nSPS) is 9.53. The standard InChI is InChI=1S/C11H15N3O3/c1-3-14(10(12)15)11(16)13-8-4-6-9(17-2)7-5-8/h4-7H,3H2,1-2H3,(H2,12,15)(H,13,16). The van der Waals surface area contributed by atoms with E-state index in [1.54, 1.807) is 38.3 Å². The van der Waals surface area contributed by atoms with Crippen molar-refractivity contribution >= 4 is 17.7 Å². The van der Waals surface area contributed by atoms with Crippen LogP contribution in [0.4, 0.5) is 15.3 Å². The highest BCUT2D eigenvalue weighted by atomic mass is 16.5. The van der Waals surface area contributed by atoms with Gasteiger partial charge in [0.2, 0.25) is 0 Å². The molecule has 6 heteroatoms. The molecule has 17 heavy (non-hydrogen) atoms. The number of anilines is 1. The molecule has 1 rings (SSSR count). The molecule has 0 spiro atoms. The van der Waals surface area contributed by atoms with Crippen LogP contribution in [0, 0.1) is 0 Å². The topological polar surface area (TPSA) is 84.7 Å². The van der Waals surface area contributed by atoms with E-state index in [2.05, 4.69) is 5.32 Å². The van der Waals surface area contributed by atoms with Crippen LogP contribution < -0.4 is 15.8 Å². The number of amides is 4. The molecular formula is C11H15N3O3. The number of methoxy groups -OCH3 is 1. The van der Waals surface area contributed by atoms with Crippen molar-refractivity contribution in [3.05, 3.63) is 24.3 Å². The molecule has 92 valence electrons. The highest BCUT2D eigenvalue weighted by Crippen LogP contribution is 2.15. The number of hydrogen-bond donors (Lipinski definition) is 2. The monoisotopic (exact) mass is 237 g/mol. The third kappa shape index (κ3) is 3.37. The molecule has 0 fully saturated rings. The van der Waals surface area contributed by atoms with Gasteiger partial charge in [0.25, 0.3) is 0 Å². The zero-order valence-electron chi connectivity index (χ0n) is 9.77. The van der Waals surface area contributed by atoms with Crippen LogP contribution in [-0.4, -0.2) is 30.6 Å². The number of nitrogens with two attached hydrogens (primary N) is 1. The van der Waals surface area contributed by atoms with Gasteiger partial charge in [0.1, 0.15) is 5.75 Å². The summed E-state index contributed by atoms with van der Waals surface area (Å²) in [6.07, 6.45) is 0. The van der Waals surface area contributed by atoms with Crippen molar-refractivity contribution in [2.45, 2.75) is 6.92 Å². The SMILES string of the molecule is CCN(C(N)=O)C(=O)Nc1ccc(OC)cc1. The van der Waals surface area contributed by atoms with Crippen LogP contribution in [0.15, 0.2) is 24.3 Å². The van der Waals surface area contributed by atoms with Gasteiger partial charge >= 0.3 is 12.1 Å². The second-order valence-corrected chi connectivity index (χ2v) is 3.24. The lowest BCUT2D eigenvalue weighted by Crippen LogP contribution is -2.42. The minimum Gasteiger partial charge on any atom is -0.497 e. The van der Waals surface area contributed by atoms with Crippen molar-refractivity contribution in [2.24, 2.45) is 5.73 Å². The average molecular weight is 237 g/mol. The lowest BCUT2D eigenvalue weighted by Gasteiger charge is -2.16. The Bertz CT molecular complexity index is 403. The highest BCUT2D eigenvalue weighted by Gasteiger charge is 2.16. The van der Waals surface area contributed by atoms with Crippen molar-refractivity contribution in [3.8, 4) is 5.75 Å². The Balaban J connectivity index is 2.69. The highest BCUT2D eigenvalue weighted by molar-refractivity contribution is 6.00. The molecule has 0 radical (unpaired) electrons. The summed E-state index contributed by atoms with van der Waals surface area (Å²) in [5, 5.41) is 2.56. The quantitative estimate of drug-likeness (QED) is 0.837. The van der Waals surface area contributed by atoms with Gasteiger partial charge in [-0.25, -0.2) is 14.5 Å². The number of carbonyl (C=O) groups excluding carboxylic acids is 2. The van der Waals surface area contributed by atoms with Gasteiger partial charge in [-0.3, -0.25) is 0 Å². The molecular weight excluding hydrogens is 222 g/mol. The van der Waals surface area contributed by atoms with Crippen LogP contribution in [0.5, 0.6) is 5.75 Å². The third-order valence-corrected chi connectivity index (χ3v) is 2.17. The van der Waals surface area contributed by atoms with E-state index in [1.165, 1.54) is 0 Å². The van der Waals surface area contributed by atoms with Crippen LogP contribution in [0.2, 0.25) is 0 Å². The fourth-order valence-electron chi connectivity index (χ4n) is 1.26. The molecule has 0 atom stereocenters. The molecule has 1 aromatic carbocycles. The molecule has 0 saturated heterocycles. The Morgan fingerprint density at radius 1 is 1.35 bits per heavy atom. The number of ether oxygens (including phenoxy) is 1. The number of benzene rings is 1. The first kappa shape index (κ1) is 12.8. The first-order valence-electron chi connectivity index (χ1n) is 5.10. The molecule has 0 aliphatic heterocycles. The van der Waals surface area contributed by atoms with Gasteiger partial charge in [-0.1, -0.05) is 0 Å². The molecule has 3 N–H and O–H groups in total. The maximum atomic E-state index is 11.6. The van der Waals surface area contributed by atoms with Crippen LogP contribution in [0.3, 0.4) is 0 Å². The number of nitrogens with zero attached hydrogens (tertiary/aromatic N) is 1. The average Bonchev–Trinajstić information content (AvgIpc) is 2.30. The lowest BCUT2D eigenvalue weighted by atomic mass is 10.3. The summed E-state index contributed by atoms with van der Waals surface area (Å²) in [5.74, 6) is 0.685. The second-order valence-electron chi connectivity index (χ2n) is 3.24. The van der Waals surface area contributed by atoms with Gasteiger partial charge in [0.05, 0.1) is 7.11 Å². The van der Waals surface area contributed by atoms with Gasteiger partial charge in [-0.05, 0) is 31.2 Å². The predicted molar refractivity (Wildman–Crippen MR) is 64.0 cm³/mol. The van der Waals surface area contributed by atoms with E-state index in [9.17, 15) is 9.59 Å². The molecule has 0 aliphatic carbocycles. The van der Waals surface area contributed by atoms with Crippen molar-refractivity contribution in [1.29, 1.82) is 0 Å². The predicted octanol–water partition coefficient (Wildman–Crippen LogP) is 1.63. The molecule has 6 nitrogen and oxygen atoms in total. The maximum Gasteiger partial charge on any atom is 0.329 e. The summed E-state index contributed by atoms with van der Waals surface area (Å²) in [6, 6.07) is 5.42. The lowest BCUT2D eigenvalue weighted by molar-refractivity contribution is 0.202. The smallest absolute Gasteiger partial charge is 0.329 e. The summed E-state index contributed by atoms with van der Waals surface area (Å²) in [7, 11) is 1.56. The molecule has 1 aromatic rings. The minimum absolute atomic E-state index is 0.220. The summed E-state index contributed by atoms with van der Waals surface area (Å²) in [6.45, 7) is 1.88. The Kier molecular flexibility index (Phi) is 4.33. The molecule has 0 heterocycles. The Morgan fingerprint density at radius 2 is 1.94 bits per heavy atom. The van der Waals surface area contributed by atoms with Crippen molar-refractivity contribution in [3.63, 3.8) is 0 Å². The molecule has 0 bridgehead atoms. The fourth-order valence-corrected chi connectivity index (χ4v) is 1.26. The van der Waals surface area contributed by atoms with E-state index in [1.807, 2.05) is 0 Å². The number of imide groups is 1. The molecule has 4 amide bonds. The number of nitrogens with one attached hydrogen (secondary N) is 1. The van der Waals surface area contributed by atoms with E-state index in [0.29, 0.717) is 11.4 Å². The summed E-state index contributed by atoms with van der Waals surface area (Å²) >= 11 is 0. The first-order chi connectivity index (χ1) is 8.08. The number of urea groups is 2. The van der Waals surface area contributed by atoms with Crippen LogP contribution in [-0.2, 0) is 0 Å². The van der Waals surface area contributed by atoms with Gasteiger partial charge in [-0.2, -0.15) is 0 Å². The van der Waals surface area contributed by atoms with Crippen LogP contribution in [0.25, 0.3) is 0 Å². The number of carbonyl (C=O) groups is 2. The summed E-state index contributed by atoms with van der Waals surface area (Å²) in [5.41, 5.74) is 5.62. The van der Waals surface area contributed by atoms with Gasteiger partial charge in [0.15, 0.2) is 0 Å². The third-order valence-electron chi connectivity index (χ3n) is 2.17. The zero-order chi connectivity index (χ0) is 12.8. The van der Waals surface area contributed by atoms with Crippen molar-refractivity contribution in [2.75, 3.05) is 19.0 Å². The largest absolute Gasteiger partial charge is 0.497 e. The van der Waals surface area contributed by atoms with Gasteiger partial charge in [-0.15, -0.1) is 0 Å². The maximum absolute atomic E-state index is 11.6. The zero-order valence-corrected chi connectivity index (χ0v) is 9.77. The van der Waals surface area contributed by atoms with Crippen LogP contribution >= 0.6 is 0 Å². The van der Waals surface area contributed by atoms with E-state index >= 15 is 0 Å². The van der Waals surface area contributed by atoms with E-state index in [0.717, 1.165) is 4.90 Å². The summed E-state index contributed by atoms with van der Waals surface area (Å²) < 4.78 is 4.98. The number of hydrogen-bond acceptors (Lipinski definition) is 3. The molecule has 0 aromatic heterocycles. The van der Waals surface area contributed by atoms with E-state index in [-0.39, 0.29) is 6.54 Å². The number of primary amides is 1. The second kappa shape index (κ2) is 5.74. The van der Waals surface area contributed by atoms with E-state index in [4.69, 9.17) is 10.5 Å².